The van der Waals surface area contributed by atoms with Gasteiger partial charge in [0.05, 0.1) is 17.2 Å². The second-order valence-corrected chi connectivity index (χ2v) is 4.18. The Morgan fingerprint density at radius 1 is 1.35 bits per heavy atom. The third kappa shape index (κ3) is 3.59. The smallest absolute Gasteiger partial charge is 0.416 e. The minimum atomic E-state index is -4.42. The molecule has 1 aromatic carbocycles. The molecule has 0 fully saturated rings. The molecule has 0 aliphatic heterocycles. The number of hydrogen-bond donors (Lipinski definition) is 1. The van der Waals surface area contributed by atoms with Crippen molar-refractivity contribution in [2.75, 3.05) is 0 Å². The molecule has 0 spiro atoms. The summed E-state index contributed by atoms with van der Waals surface area (Å²) in [6.45, 7) is 3.53. The van der Waals surface area contributed by atoms with Gasteiger partial charge in [0.15, 0.2) is 0 Å². The Labute approximate surface area is 103 Å². The largest absolute Gasteiger partial charge is 0.490 e. The second kappa shape index (κ2) is 4.91. The fourth-order valence-corrected chi connectivity index (χ4v) is 1.42. The summed E-state index contributed by atoms with van der Waals surface area (Å²) in [5.41, 5.74) is 4.69. The van der Waals surface area contributed by atoms with Crippen molar-refractivity contribution in [1.82, 2.24) is 0 Å². The summed E-state index contributed by atoms with van der Waals surface area (Å²) in [7, 11) is 0. The van der Waals surface area contributed by atoms with Crippen LogP contribution in [0, 0.1) is 0 Å². The molecule has 0 aliphatic carbocycles. The molecule has 0 amide bonds. The number of thiocarbonyl (C=S) groups is 1. The quantitative estimate of drug-likeness (QED) is 0.851. The first-order chi connectivity index (χ1) is 7.71. The van der Waals surface area contributed by atoms with E-state index in [9.17, 15) is 13.2 Å². The van der Waals surface area contributed by atoms with E-state index >= 15 is 0 Å². The molecule has 6 heteroatoms. The van der Waals surface area contributed by atoms with Gasteiger partial charge in [-0.3, -0.25) is 0 Å². The van der Waals surface area contributed by atoms with Crippen LogP contribution in [-0.4, -0.2) is 11.1 Å². The first-order valence-corrected chi connectivity index (χ1v) is 5.30. The summed E-state index contributed by atoms with van der Waals surface area (Å²) in [4.78, 5) is -0.119. The Bertz CT molecular complexity index is 429. The van der Waals surface area contributed by atoms with Crippen molar-refractivity contribution in [3.05, 3.63) is 29.3 Å². The van der Waals surface area contributed by atoms with Crippen LogP contribution in [-0.2, 0) is 6.18 Å². The van der Waals surface area contributed by atoms with Gasteiger partial charge in [-0.05, 0) is 32.0 Å². The maximum atomic E-state index is 12.5. The molecule has 0 unspecified atom stereocenters. The van der Waals surface area contributed by atoms with E-state index in [4.69, 9.17) is 22.7 Å². The van der Waals surface area contributed by atoms with E-state index in [0.29, 0.717) is 0 Å². The van der Waals surface area contributed by atoms with Gasteiger partial charge in [0.1, 0.15) is 10.7 Å². The lowest BCUT2D eigenvalue weighted by Gasteiger charge is -2.15. The molecule has 0 atom stereocenters. The van der Waals surface area contributed by atoms with Crippen molar-refractivity contribution in [1.29, 1.82) is 0 Å². The molecular formula is C11H12F3NOS. The Morgan fingerprint density at radius 3 is 2.35 bits per heavy atom. The van der Waals surface area contributed by atoms with Crippen molar-refractivity contribution in [2.45, 2.75) is 26.1 Å². The first-order valence-electron chi connectivity index (χ1n) is 4.89. The molecule has 0 saturated heterocycles. The van der Waals surface area contributed by atoms with Crippen LogP contribution >= 0.6 is 12.2 Å². The van der Waals surface area contributed by atoms with Crippen molar-refractivity contribution in [2.24, 2.45) is 5.73 Å². The molecular weight excluding hydrogens is 251 g/mol. The third-order valence-corrected chi connectivity index (χ3v) is 2.15. The van der Waals surface area contributed by atoms with Gasteiger partial charge >= 0.3 is 6.18 Å². The Morgan fingerprint density at radius 2 is 1.94 bits per heavy atom. The van der Waals surface area contributed by atoms with Gasteiger partial charge in [0.2, 0.25) is 0 Å². The number of benzene rings is 1. The van der Waals surface area contributed by atoms with Gasteiger partial charge in [0, 0.05) is 0 Å². The monoisotopic (exact) mass is 263 g/mol. The molecule has 17 heavy (non-hydrogen) atoms. The maximum Gasteiger partial charge on any atom is 0.416 e. The SMILES string of the molecule is CC(C)Oc1ccc(C(F)(F)F)cc1C(N)=S. The van der Waals surface area contributed by atoms with Crippen molar-refractivity contribution in [3.63, 3.8) is 0 Å². The molecule has 1 rings (SSSR count). The summed E-state index contributed by atoms with van der Waals surface area (Å²) in [6.07, 6.45) is -4.59. The normalized spacial score (nSPS) is 11.6. The zero-order chi connectivity index (χ0) is 13.2. The summed E-state index contributed by atoms with van der Waals surface area (Å²) in [6, 6.07) is 3.08. The third-order valence-electron chi connectivity index (χ3n) is 1.94. The predicted molar refractivity (Wildman–Crippen MR) is 63.1 cm³/mol. The highest BCUT2D eigenvalue weighted by Gasteiger charge is 2.31. The summed E-state index contributed by atoms with van der Waals surface area (Å²) < 4.78 is 42.8. The van der Waals surface area contributed by atoms with Crippen LogP contribution < -0.4 is 10.5 Å². The molecule has 2 N–H and O–H groups in total. The van der Waals surface area contributed by atoms with Gasteiger partial charge in [-0.15, -0.1) is 0 Å². The highest BCUT2D eigenvalue weighted by atomic mass is 32.1. The number of nitrogens with two attached hydrogens (primary N) is 1. The zero-order valence-electron chi connectivity index (χ0n) is 9.34. The van der Waals surface area contributed by atoms with Gasteiger partial charge in [-0.25, -0.2) is 0 Å². The lowest BCUT2D eigenvalue weighted by atomic mass is 10.1. The van der Waals surface area contributed by atoms with Gasteiger partial charge < -0.3 is 10.5 Å². The number of alkyl halides is 3. The number of hydrogen-bond acceptors (Lipinski definition) is 2. The lowest BCUT2D eigenvalue weighted by Crippen LogP contribution is -2.16. The van der Waals surface area contributed by atoms with E-state index in [1.165, 1.54) is 6.07 Å². The summed E-state index contributed by atoms with van der Waals surface area (Å²) in [5.74, 6) is 0.264. The molecule has 0 bridgehead atoms. The van der Waals surface area contributed by atoms with Gasteiger partial charge in [0.25, 0.3) is 0 Å². The van der Waals surface area contributed by atoms with E-state index in [2.05, 4.69) is 0 Å². The highest BCUT2D eigenvalue weighted by Crippen LogP contribution is 2.32. The summed E-state index contributed by atoms with van der Waals surface area (Å²) >= 11 is 4.72. The Kier molecular flexibility index (Phi) is 3.98. The minimum Gasteiger partial charge on any atom is -0.490 e. The van der Waals surface area contributed by atoms with E-state index < -0.39 is 11.7 Å². The minimum absolute atomic E-state index is 0.100. The van der Waals surface area contributed by atoms with Gasteiger partial charge in [-0.2, -0.15) is 13.2 Å². The van der Waals surface area contributed by atoms with Crippen LogP contribution in [0.2, 0.25) is 0 Å². The van der Waals surface area contributed by atoms with Crippen LogP contribution in [0.1, 0.15) is 25.0 Å². The number of ether oxygens (including phenoxy) is 1. The highest BCUT2D eigenvalue weighted by molar-refractivity contribution is 7.80. The Hall–Kier alpha value is -1.30. The van der Waals surface area contributed by atoms with E-state index in [-0.39, 0.29) is 22.4 Å². The average molecular weight is 263 g/mol. The van der Waals surface area contributed by atoms with E-state index in [1.807, 2.05) is 0 Å². The first kappa shape index (κ1) is 13.8. The van der Waals surface area contributed by atoms with Crippen LogP contribution in [0.4, 0.5) is 13.2 Å². The summed E-state index contributed by atoms with van der Waals surface area (Å²) in [5, 5.41) is 0. The zero-order valence-corrected chi connectivity index (χ0v) is 10.2. The molecule has 0 radical (unpaired) electrons. The molecule has 2 nitrogen and oxygen atoms in total. The van der Waals surface area contributed by atoms with Crippen molar-refractivity contribution in [3.8, 4) is 5.75 Å². The van der Waals surface area contributed by atoms with E-state index in [1.54, 1.807) is 13.8 Å². The molecule has 1 aromatic rings. The van der Waals surface area contributed by atoms with Crippen molar-refractivity contribution >= 4 is 17.2 Å². The van der Waals surface area contributed by atoms with Crippen LogP contribution in [0.5, 0.6) is 5.75 Å². The number of halogens is 3. The Balaban J connectivity index is 3.22. The molecule has 0 saturated carbocycles. The van der Waals surface area contributed by atoms with Crippen molar-refractivity contribution < 1.29 is 17.9 Å². The van der Waals surface area contributed by atoms with Gasteiger partial charge in [-0.1, -0.05) is 12.2 Å². The topological polar surface area (TPSA) is 35.2 Å². The molecule has 94 valence electrons. The van der Waals surface area contributed by atoms with Crippen LogP contribution in [0.3, 0.4) is 0 Å². The fourth-order valence-electron chi connectivity index (χ4n) is 1.26. The molecule has 0 aromatic heterocycles. The van der Waals surface area contributed by atoms with Crippen LogP contribution in [0.15, 0.2) is 18.2 Å². The standard InChI is InChI=1S/C11H12F3NOS/c1-6(2)16-9-4-3-7(11(12,13)14)5-8(9)10(15)17/h3-6H,1-2H3,(H2,15,17). The average Bonchev–Trinajstić information content (AvgIpc) is 2.15. The fraction of sp³-hybridized carbons (Fsp3) is 0.364. The van der Waals surface area contributed by atoms with Crippen LogP contribution in [0.25, 0.3) is 0 Å². The predicted octanol–water partition coefficient (Wildman–Crippen LogP) is 3.13. The number of rotatable bonds is 3. The second-order valence-electron chi connectivity index (χ2n) is 3.74. The lowest BCUT2D eigenvalue weighted by molar-refractivity contribution is -0.137. The maximum absolute atomic E-state index is 12.5. The van der Waals surface area contributed by atoms with E-state index in [0.717, 1.165) is 12.1 Å². The molecule has 0 heterocycles. The molecule has 0 aliphatic rings.